The van der Waals surface area contributed by atoms with Crippen molar-refractivity contribution in [1.82, 2.24) is 15.4 Å². The Balaban J connectivity index is 0.00000300. The minimum absolute atomic E-state index is 0. The van der Waals surface area contributed by atoms with Gasteiger partial charge in [0.25, 0.3) is 0 Å². The zero-order chi connectivity index (χ0) is 19.9. The molecule has 2 unspecified atom stereocenters. The van der Waals surface area contributed by atoms with Crippen LogP contribution in [0.4, 0.5) is 0 Å². The molecule has 3 rings (SSSR count). The molecule has 0 saturated carbocycles. The number of aliphatic imine (C=N–C) groups is 1. The Bertz CT molecular complexity index is 755. The van der Waals surface area contributed by atoms with Crippen LogP contribution in [0.1, 0.15) is 55.2 Å². The smallest absolute Gasteiger partial charge is 0.193 e. The van der Waals surface area contributed by atoms with Gasteiger partial charge < -0.3 is 14.7 Å². The van der Waals surface area contributed by atoms with Crippen molar-refractivity contribution in [2.24, 2.45) is 10.9 Å². The van der Waals surface area contributed by atoms with E-state index in [1.54, 1.807) is 0 Å². The maximum Gasteiger partial charge on any atom is 0.193 e. The van der Waals surface area contributed by atoms with E-state index in [1.807, 2.05) is 13.8 Å². The average Bonchev–Trinajstić information content (AvgIpc) is 3.02. The molecule has 5 nitrogen and oxygen atoms in total. The van der Waals surface area contributed by atoms with E-state index in [4.69, 9.17) is 9.52 Å². The van der Waals surface area contributed by atoms with Crippen molar-refractivity contribution >= 4 is 29.9 Å². The van der Waals surface area contributed by atoms with Gasteiger partial charge in [-0.2, -0.15) is 0 Å². The van der Waals surface area contributed by atoms with Gasteiger partial charge >= 0.3 is 0 Å². The quantitative estimate of drug-likeness (QED) is 0.259. The van der Waals surface area contributed by atoms with Crippen molar-refractivity contribution in [3.8, 4) is 0 Å². The molecule has 1 aromatic carbocycles. The molecular weight excluding hydrogens is 475 g/mol. The number of benzene rings is 1. The third-order valence-corrected chi connectivity index (χ3v) is 5.80. The Morgan fingerprint density at radius 1 is 1.28 bits per heavy atom. The van der Waals surface area contributed by atoms with Crippen LogP contribution in [0.3, 0.4) is 0 Å². The first-order chi connectivity index (χ1) is 13.6. The first-order valence-corrected chi connectivity index (χ1v) is 10.6. The van der Waals surface area contributed by atoms with Gasteiger partial charge in [-0.3, -0.25) is 4.99 Å². The molecule has 1 aromatic heterocycles. The lowest BCUT2D eigenvalue weighted by Gasteiger charge is -2.39. The Hall–Kier alpha value is -1.57. The molecule has 2 aromatic rings. The van der Waals surface area contributed by atoms with Gasteiger partial charge in [0.15, 0.2) is 5.96 Å². The third kappa shape index (κ3) is 6.20. The molecule has 1 fully saturated rings. The maximum atomic E-state index is 5.26. The molecule has 2 atom stereocenters. The van der Waals surface area contributed by atoms with Crippen molar-refractivity contribution in [2.45, 2.75) is 52.9 Å². The largest absolute Gasteiger partial charge is 0.361 e. The summed E-state index contributed by atoms with van der Waals surface area (Å²) in [7, 11) is 0. The second-order valence-electron chi connectivity index (χ2n) is 7.87. The molecule has 1 N–H and O–H groups in total. The van der Waals surface area contributed by atoms with Crippen LogP contribution >= 0.6 is 24.0 Å². The summed E-state index contributed by atoms with van der Waals surface area (Å²) in [4.78, 5) is 7.34. The predicted molar refractivity (Wildman–Crippen MR) is 130 cm³/mol. The highest BCUT2D eigenvalue weighted by atomic mass is 127. The van der Waals surface area contributed by atoms with Crippen molar-refractivity contribution in [3.05, 3.63) is 52.9 Å². The van der Waals surface area contributed by atoms with Gasteiger partial charge in [0.1, 0.15) is 5.76 Å². The van der Waals surface area contributed by atoms with Crippen LogP contribution in [0.15, 0.2) is 39.8 Å². The summed E-state index contributed by atoms with van der Waals surface area (Å²) in [5, 5.41) is 7.53. The number of guanidine groups is 1. The van der Waals surface area contributed by atoms with Crippen molar-refractivity contribution in [2.75, 3.05) is 26.2 Å². The molecule has 6 heteroatoms. The van der Waals surface area contributed by atoms with Gasteiger partial charge in [0.2, 0.25) is 0 Å². The van der Waals surface area contributed by atoms with E-state index in [0.717, 1.165) is 56.4 Å². The number of piperidine rings is 1. The molecule has 1 saturated heterocycles. The number of likely N-dealkylation sites (tertiary alicyclic amines) is 1. The summed E-state index contributed by atoms with van der Waals surface area (Å²) in [6, 6.07) is 10.9. The highest BCUT2D eigenvalue weighted by Gasteiger charge is 2.28. The minimum Gasteiger partial charge on any atom is -0.361 e. The molecule has 2 heterocycles. The minimum atomic E-state index is 0. The Morgan fingerprint density at radius 2 is 2.03 bits per heavy atom. The summed E-state index contributed by atoms with van der Waals surface area (Å²) in [6.07, 6.45) is 3.15. The molecule has 0 bridgehead atoms. The second-order valence-corrected chi connectivity index (χ2v) is 7.87. The molecule has 0 amide bonds. The Labute approximate surface area is 192 Å². The maximum absolute atomic E-state index is 5.26. The lowest BCUT2D eigenvalue weighted by molar-refractivity contribution is 0.234. The highest BCUT2D eigenvalue weighted by molar-refractivity contribution is 14.0. The zero-order valence-electron chi connectivity index (χ0n) is 18.1. The number of aromatic nitrogens is 1. The van der Waals surface area contributed by atoms with Gasteiger partial charge in [-0.1, -0.05) is 42.4 Å². The van der Waals surface area contributed by atoms with E-state index < -0.39 is 0 Å². The summed E-state index contributed by atoms with van der Waals surface area (Å²) in [5.74, 6) is 3.24. The topological polar surface area (TPSA) is 53.7 Å². The summed E-state index contributed by atoms with van der Waals surface area (Å²) in [5.41, 5.74) is 3.71. The molecule has 29 heavy (non-hydrogen) atoms. The average molecular weight is 510 g/mol. The zero-order valence-corrected chi connectivity index (χ0v) is 20.5. The standard InChI is InChI=1S/C23H34N4O.HI/c1-5-24-23(25-14-9-12-22-18(3)26-28-19(22)4)27-15-13-21(17(2)16-27)20-10-7-6-8-11-20;/h6-8,10-11,17,21H,5,9,12-16H2,1-4H3,(H,24,25);1H. The van der Waals surface area contributed by atoms with Crippen LogP contribution in [0.2, 0.25) is 0 Å². The van der Waals surface area contributed by atoms with Crippen molar-refractivity contribution < 1.29 is 4.52 Å². The molecule has 0 aliphatic carbocycles. The number of nitrogens with one attached hydrogen (secondary N) is 1. The Morgan fingerprint density at radius 3 is 2.66 bits per heavy atom. The molecule has 0 radical (unpaired) electrons. The third-order valence-electron chi connectivity index (χ3n) is 5.80. The van der Waals surface area contributed by atoms with Crippen molar-refractivity contribution in [1.29, 1.82) is 0 Å². The number of rotatable bonds is 6. The van der Waals surface area contributed by atoms with E-state index >= 15 is 0 Å². The molecule has 0 spiro atoms. The number of hydrogen-bond acceptors (Lipinski definition) is 3. The summed E-state index contributed by atoms with van der Waals surface area (Å²) >= 11 is 0. The van der Waals surface area contributed by atoms with Crippen LogP contribution in [-0.2, 0) is 6.42 Å². The van der Waals surface area contributed by atoms with Crippen LogP contribution in [0, 0.1) is 19.8 Å². The molecule has 1 aliphatic rings. The fourth-order valence-electron chi connectivity index (χ4n) is 4.26. The number of halogens is 1. The molecule has 1 aliphatic heterocycles. The van der Waals surface area contributed by atoms with Crippen molar-refractivity contribution in [3.63, 3.8) is 0 Å². The van der Waals surface area contributed by atoms with E-state index in [2.05, 4.69) is 59.6 Å². The van der Waals surface area contributed by atoms with Crippen LogP contribution in [0.25, 0.3) is 0 Å². The van der Waals surface area contributed by atoms with Gasteiger partial charge in [-0.05, 0) is 57.4 Å². The van der Waals surface area contributed by atoms with Gasteiger partial charge in [-0.25, -0.2) is 0 Å². The van der Waals surface area contributed by atoms with Gasteiger partial charge in [0.05, 0.1) is 5.69 Å². The van der Waals surface area contributed by atoms with E-state index in [0.29, 0.717) is 11.8 Å². The monoisotopic (exact) mass is 510 g/mol. The number of hydrogen-bond donors (Lipinski definition) is 1. The van der Waals surface area contributed by atoms with E-state index in [1.165, 1.54) is 17.5 Å². The molecular formula is C23H35IN4O. The van der Waals surface area contributed by atoms with Crippen LogP contribution < -0.4 is 5.32 Å². The first-order valence-electron chi connectivity index (χ1n) is 10.6. The summed E-state index contributed by atoms with van der Waals surface area (Å²) in [6.45, 7) is 12.3. The molecule has 160 valence electrons. The lowest BCUT2D eigenvalue weighted by Crippen LogP contribution is -2.48. The predicted octanol–water partition coefficient (Wildman–Crippen LogP) is 4.93. The SMILES string of the molecule is CCNC(=NCCCc1c(C)noc1C)N1CCC(c2ccccc2)C(C)C1.I. The van der Waals surface area contributed by atoms with E-state index in [9.17, 15) is 0 Å². The van der Waals surface area contributed by atoms with Gasteiger partial charge in [0, 0.05) is 31.7 Å². The second kappa shape index (κ2) is 11.6. The van der Waals surface area contributed by atoms with Crippen LogP contribution in [-0.4, -0.2) is 42.2 Å². The van der Waals surface area contributed by atoms with Gasteiger partial charge in [-0.15, -0.1) is 24.0 Å². The lowest BCUT2D eigenvalue weighted by atomic mass is 9.82. The fourth-order valence-corrected chi connectivity index (χ4v) is 4.26. The summed E-state index contributed by atoms with van der Waals surface area (Å²) < 4.78 is 5.26. The number of nitrogens with zero attached hydrogens (tertiary/aromatic N) is 3. The first kappa shape index (κ1) is 23.7. The fraction of sp³-hybridized carbons (Fsp3) is 0.565. The van der Waals surface area contributed by atoms with E-state index in [-0.39, 0.29) is 24.0 Å². The highest BCUT2D eigenvalue weighted by Crippen LogP contribution is 2.32. The normalized spacial score (nSPS) is 19.7. The number of aryl methyl sites for hydroxylation is 2. The Kier molecular flexibility index (Phi) is 9.46. The van der Waals surface area contributed by atoms with Crippen LogP contribution in [0.5, 0.6) is 0 Å².